The fourth-order valence-electron chi connectivity index (χ4n) is 1.15. The first-order valence-electron chi connectivity index (χ1n) is 4.80. The molecule has 4 heteroatoms. The van der Waals surface area contributed by atoms with Gasteiger partial charge in [-0.15, -0.1) is 11.3 Å². The van der Waals surface area contributed by atoms with Crippen LogP contribution in [0.25, 0.3) is 0 Å². The molecule has 14 heavy (non-hydrogen) atoms. The molecule has 0 aromatic carbocycles. The van der Waals surface area contributed by atoms with Crippen LogP contribution in [0.5, 0.6) is 0 Å². The summed E-state index contributed by atoms with van der Waals surface area (Å²) in [4.78, 5) is 1.27. The SMILES string of the molecule is CCOCCN[C@@H](C)c1ccc(Cl)s1. The predicted octanol–water partition coefficient (Wildman–Crippen LogP) is 3.09. The van der Waals surface area contributed by atoms with Gasteiger partial charge in [-0.2, -0.15) is 0 Å². The minimum Gasteiger partial charge on any atom is -0.380 e. The molecule has 1 aromatic rings. The summed E-state index contributed by atoms with van der Waals surface area (Å²) in [5.41, 5.74) is 0. The van der Waals surface area contributed by atoms with Crippen molar-refractivity contribution in [3.8, 4) is 0 Å². The lowest BCUT2D eigenvalue weighted by molar-refractivity contribution is 0.147. The number of ether oxygens (including phenoxy) is 1. The third-order valence-corrected chi connectivity index (χ3v) is 3.34. The molecule has 1 atom stereocenters. The van der Waals surface area contributed by atoms with Crippen LogP contribution in [-0.4, -0.2) is 19.8 Å². The topological polar surface area (TPSA) is 21.3 Å². The zero-order valence-electron chi connectivity index (χ0n) is 8.55. The van der Waals surface area contributed by atoms with Crippen LogP contribution < -0.4 is 5.32 Å². The minimum absolute atomic E-state index is 0.355. The normalized spacial score (nSPS) is 13.1. The van der Waals surface area contributed by atoms with Crippen LogP contribution in [0.3, 0.4) is 0 Å². The van der Waals surface area contributed by atoms with Gasteiger partial charge in [0.05, 0.1) is 10.9 Å². The highest BCUT2D eigenvalue weighted by Gasteiger charge is 2.06. The number of thiophene rings is 1. The molecule has 1 heterocycles. The summed E-state index contributed by atoms with van der Waals surface area (Å²) in [7, 11) is 0. The van der Waals surface area contributed by atoms with Crippen LogP contribution in [-0.2, 0) is 4.74 Å². The van der Waals surface area contributed by atoms with Gasteiger partial charge in [-0.25, -0.2) is 0 Å². The summed E-state index contributed by atoms with van der Waals surface area (Å²) in [6.07, 6.45) is 0. The zero-order chi connectivity index (χ0) is 10.4. The van der Waals surface area contributed by atoms with Crippen molar-refractivity contribution < 1.29 is 4.74 Å². The van der Waals surface area contributed by atoms with Crippen molar-refractivity contribution in [2.24, 2.45) is 0 Å². The average Bonchev–Trinajstić information content (AvgIpc) is 2.59. The van der Waals surface area contributed by atoms with Crippen LogP contribution in [0.1, 0.15) is 24.8 Å². The zero-order valence-corrected chi connectivity index (χ0v) is 10.1. The van der Waals surface area contributed by atoms with Crippen LogP contribution >= 0.6 is 22.9 Å². The molecule has 0 aliphatic carbocycles. The number of halogens is 1. The molecule has 2 nitrogen and oxygen atoms in total. The molecule has 0 aliphatic heterocycles. The maximum absolute atomic E-state index is 5.85. The highest BCUT2D eigenvalue weighted by Crippen LogP contribution is 2.26. The maximum Gasteiger partial charge on any atom is 0.0931 e. The van der Waals surface area contributed by atoms with Crippen molar-refractivity contribution in [1.82, 2.24) is 5.32 Å². The van der Waals surface area contributed by atoms with E-state index < -0.39 is 0 Å². The van der Waals surface area contributed by atoms with Crippen molar-refractivity contribution in [1.29, 1.82) is 0 Å². The van der Waals surface area contributed by atoms with Crippen molar-refractivity contribution in [2.75, 3.05) is 19.8 Å². The first kappa shape index (κ1) is 12.0. The molecule has 0 saturated heterocycles. The summed E-state index contributed by atoms with van der Waals surface area (Å²) in [5.74, 6) is 0. The second-order valence-corrected chi connectivity index (χ2v) is 4.76. The molecule has 0 aliphatic rings. The van der Waals surface area contributed by atoms with Gasteiger partial charge in [0.15, 0.2) is 0 Å². The van der Waals surface area contributed by atoms with Crippen LogP contribution in [0.2, 0.25) is 4.34 Å². The largest absolute Gasteiger partial charge is 0.380 e. The molecule has 1 aromatic heterocycles. The monoisotopic (exact) mass is 233 g/mol. The molecule has 0 amide bonds. The van der Waals surface area contributed by atoms with Gasteiger partial charge in [0.1, 0.15) is 0 Å². The van der Waals surface area contributed by atoms with Crippen molar-refractivity contribution >= 4 is 22.9 Å². The molecular formula is C10H16ClNOS. The molecule has 0 unspecified atom stereocenters. The van der Waals surface area contributed by atoms with Gasteiger partial charge in [-0.1, -0.05) is 11.6 Å². The molecule has 80 valence electrons. The van der Waals surface area contributed by atoms with Crippen molar-refractivity contribution in [2.45, 2.75) is 19.9 Å². The molecule has 0 bridgehead atoms. The van der Waals surface area contributed by atoms with E-state index >= 15 is 0 Å². The van der Waals surface area contributed by atoms with E-state index in [9.17, 15) is 0 Å². The van der Waals surface area contributed by atoms with E-state index in [0.717, 1.165) is 24.1 Å². The first-order valence-corrected chi connectivity index (χ1v) is 6.00. The lowest BCUT2D eigenvalue weighted by Crippen LogP contribution is -2.22. The smallest absolute Gasteiger partial charge is 0.0931 e. The predicted molar refractivity (Wildman–Crippen MR) is 62.2 cm³/mol. The van der Waals surface area contributed by atoms with Gasteiger partial charge in [-0.05, 0) is 26.0 Å². The number of nitrogens with one attached hydrogen (secondary N) is 1. The summed E-state index contributed by atoms with van der Waals surface area (Å²) in [6.45, 7) is 6.56. The van der Waals surface area contributed by atoms with E-state index in [0.29, 0.717) is 6.04 Å². The van der Waals surface area contributed by atoms with Gasteiger partial charge in [0, 0.05) is 24.1 Å². The lowest BCUT2D eigenvalue weighted by atomic mass is 10.3. The molecule has 0 fully saturated rings. The quantitative estimate of drug-likeness (QED) is 0.763. The molecule has 0 radical (unpaired) electrons. The Morgan fingerprint density at radius 2 is 2.36 bits per heavy atom. The molecule has 1 rings (SSSR count). The van der Waals surface area contributed by atoms with Gasteiger partial charge in [0.25, 0.3) is 0 Å². The fraction of sp³-hybridized carbons (Fsp3) is 0.600. The second-order valence-electron chi connectivity index (χ2n) is 3.01. The van der Waals surface area contributed by atoms with Crippen LogP contribution in [0.4, 0.5) is 0 Å². The highest BCUT2D eigenvalue weighted by atomic mass is 35.5. The number of hydrogen-bond acceptors (Lipinski definition) is 3. The van der Waals surface area contributed by atoms with Crippen molar-refractivity contribution in [3.63, 3.8) is 0 Å². The number of hydrogen-bond donors (Lipinski definition) is 1. The van der Waals surface area contributed by atoms with Crippen LogP contribution in [0.15, 0.2) is 12.1 Å². The highest BCUT2D eigenvalue weighted by molar-refractivity contribution is 7.16. The molecule has 0 spiro atoms. The lowest BCUT2D eigenvalue weighted by Gasteiger charge is -2.11. The van der Waals surface area contributed by atoms with Gasteiger partial charge in [-0.3, -0.25) is 0 Å². The maximum atomic E-state index is 5.85. The summed E-state index contributed by atoms with van der Waals surface area (Å²) in [6, 6.07) is 4.35. The summed E-state index contributed by atoms with van der Waals surface area (Å²) < 4.78 is 6.09. The van der Waals surface area contributed by atoms with E-state index in [4.69, 9.17) is 16.3 Å². The van der Waals surface area contributed by atoms with Crippen LogP contribution in [0, 0.1) is 0 Å². The molecular weight excluding hydrogens is 218 g/mol. The fourth-order valence-corrected chi connectivity index (χ4v) is 2.24. The van der Waals surface area contributed by atoms with E-state index in [1.54, 1.807) is 11.3 Å². The Hall–Kier alpha value is -0.0900. The Labute approximate surface area is 94.2 Å². The third-order valence-electron chi connectivity index (χ3n) is 1.92. The van der Waals surface area contributed by atoms with E-state index in [1.165, 1.54) is 4.88 Å². The van der Waals surface area contributed by atoms with E-state index in [1.807, 2.05) is 13.0 Å². The molecule has 0 saturated carbocycles. The minimum atomic E-state index is 0.355. The van der Waals surface area contributed by atoms with Gasteiger partial charge >= 0.3 is 0 Å². The molecule has 1 N–H and O–H groups in total. The number of rotatable bonds is 6. The van der Waals surface area contributed by atoms with Gasteiger partial charge in [0.2, 0.25) is 0 Å². The van der Waals surface area contributed by atoms with Gasteiger partial charge < -0.3 is 10.1 Å². The standard InChI is InChI=1S/C10H16ClNOS/c1-3-13-7-6-12-8(2)9-4-5-10(11)14-9/h4-5,8,12H,3,6-7H2,1-2H3/t8-/m0/s1. The van der Waals surface area contributed by atoms with E-state index in [2.05, 4.69) is 18.3 Å². The Kier molecular flexibility index (Phi) is 5.48. The average molecular weight is 234 g/mol. The first-order chi connectivity index (χ1) is 6.74. The third kappa shape index (κ3) is 3.96. The summed E-state index contributed by atoms with van der Waals surface area (Å²) >= 11 is 7.48. The Bertz CT molecular complexity index is 264. The Balaban J connectivity index is 2.25. The van der Waals surface area contributed by atoms with Crippen molar-refractivity contribution in [3.05, 3.63) is 21.3 Å². The second kappa shape index (κ2) is 6.40. The Morgan fingerprint density at radius 1 is 1.57 bits per heavy atom. The summed E-state index contributed by atoms with van der Waals surface area (Å²) in [5, 5.41) is 3.37. The Morgan fingerprint density at radius 3 is 2.93 bits per heavy atom. The van der Waals surface area contributed by atoms with E-state index in [-0.39, 0.29) is 0 Å².